The maximum absolute atomic E-state index is 12.6. The zero-order valence-corrected chi connectivity index (χ0v) is 14.4. The van der Waals surface area contributed by atoms with Crippen LogP contribution in [0.3, 0.4) is 0 Å². The van der Waals surface area contributed by atoms with Crippen LogP contribution in [0.4, 0.5) is 0 Å². The molecule has 0 N–H and O–H groups in total. The molecule has 5 nitrogen and oxygen atoms in total. The number of fused-ring (bicyclic) bond motifs is 1. The van der Waals surface area contributed by atoms with Gasteiger partial charge in [0.25, 0.3) is 0 Å². The molecule has 0 bridgehead atoms. The summed E-state index contributed by atoms with van der Waals surface area (Å²) in [4.78, 5) is 14.4. The number of benzene rings is 2. The number of aromatic nitrogens is 2. The van der Waals surface area contributed by atoms with Gasteiger partial charge in [0.05, 0.1) is 18.7 Å². The van der Waals surface area contributed by atoms with Gasteiger partial charge in [-0.2, -0.15) is 5.10 Å². The lowest BCUT2D eigenvalue weighted by Gasteiger charge is -2.26. The molecule has 3 aromatic rings. The highest BCUT2D eigenvalue weighted by Crippen LogP contribution is 2.30. The lowest BCUT2D eigenvalue weighted by molar-refractivity contribution is -0.136. The normalized spacial score (nSPS) is 14.8. The van der Waals surface area contributed by atoms with E-state index >= 15 is 0 Å². The molecule has 1 aromatic heterocycles. The van der Waals surface area contributed by atoms with Crippen molar-refractivity contribution in [3.63, 3.8) is 0 Å². The Kier molecular flexibility index (Phi) is 4.42. The summed E-state index contributed by atoms with van der Waals surface area (Å²) >= 11 is 6.19. The maximum Gasteiger partial charge on any atom is 0.244 e. The van der Waals surface area contributed by atoms with Crippen molar-refractivity contribution in [2.75, 3.05) is 26.3 Å². The van der Waals surface area contributed by atoms with Gasteiger partial charge >= 0.3 is 0 Å². The molecule has 6 heteroatoms. The predicted octanol–water partition coefficient (Wildman–Crippen LogP) is 3.22. The summed E-state index contributed by atoms with van der Waals surface area (Å²) in [6, 6.07) is 15.6. The molecule has 0 radical (unpaired) electrons. The third kappa shape index (κ3) is 3.25. The molecule has 1 saturated heterocycles. The van der Waals surface area contributed by atoms with Crippen LogP contribution >= 0.6 is 11.6 Å². The lowest BCUT2D eigenvalue weighted by atomic mass is 10.1. The second kappa shape index (κ2) is 6.86. The van der Waals surface area contributed by atoms with Crippen LogP contribution in [0, 0.1) is 0 Å². The van der Waals surface area contributed by atoms with Crippen molar-refractivity contribution < 1.29 is 9.53 Å². The average Bonchev–Trinajstić information content (AvgIpc) is 3.00. The molecule has 0 aliphatic carbocycles. The van der Waals surface area contributed by atoms with Crippen molar-refractivity contribution in [1.29, 1.82) is 0 Å². The van der Waals surface area contributed by atoms with Crippen molar-refractivity contribution in [2.45, 2.75) is 6.54 Å². The van der Waals surface area contributed by atoms with Gasteiger partial charge in [0.2, 0.25) is 5.91 Å². The van der Waals surface area contributed by atoms with Crippen molar-refractivity contribution in [3.8, 4) is 11.3 Å². The number of rotatable bonds is 3. The van der Waals surface area contributed by atoms with E-state index in [-0.39, 0.29) is 12.5 Å². The van der Waals surface area contributed by atoms with E-state index in [0.717, 1.165) is 22.2 Å². The second-order valence-electron chi connectivity index (χ2n) is 6.03. The summed E-state index contributed by atoms with van der Waals surface area (Å²) in [5.41, 5.74) is 2.75. The summed E-state index contributed by atoms with van der Waals surface area (Å²) in [7, 11) is 0. The third-order valence-corrected chi connectivity index (χ3v) is 4.64. The molecule has 1 aliphatic rings. The molecule has 4 rings (SSSR count). The second-order valence-corrected chi connectivity index (χ2v) is 6.46. The molecule has 128 valence electrons. The van der Waals surface area contributed by atoms with Gasteiger partial charge in [0, 0.05) is 29.1 Å². The molecule has 2 aromatic carbocycles. The summed E-state index contributed by atoms with van der Waals surface area (Å²) in [5.74, 6) is 0.0576. The van der Waals surface area contributed by atoms with Crippen LogP contribution in [-0.2, 0) is 16.1 Å². The Morgan fingerprint density at radius 3 is 2.64 bits per heavy atom. The summed E-state index contributed by atoms with van der Waals surface area (Å²) in [6.07, 6.45) is 0. The highest BCUT2D eigenvalue weighted by atomic mass is 35.5. The minimum Gasteiger partial charge on any atom is -0.378 e. The fourth-order valence-electron chi connectivity index (χ4n) is 3.12. The molecule has 0 atom stereocenters. The first-order valence-electron chi connectivity index (χ1n) is 8.29. The number of nitrogens with zero attached hydrogens (tertiary/aromatic N) is 3. The largest absolute Gasteiger partial charge is 0.378 e. The number of hydrogen-bond donors (Lipinski definition) is 0. The number of ether oxygens (including phenoxy) is 1. The van der Waals surface area contributed by atoms with Gasteiger partial charge in [0.1, 0.15) is 12.2 Å². The molecule has 2 heterocycles. The van der Waals surface area contributed by atoms with Crippen LogP contribution < -0.4 is 0 Å². The highest BCUT2D eigenvalue weighted by Gasteiger charge is 2.20. The van der Waals surface area contributed by atoms with Crippen LogP contribution in [0.25, 0.3) is 22.2 Å². The van der Waals surface area contributed by atoms with E-state index in [9.17, 15) is 4.79 Å². The molecule has 1 aliphatic heterocycles. The van der Waals surface area contributed by atoms with Crippen LogP contribution in [-0.4, -0.2) is 46.9 Å². The molecular formula is C19H18ClN3O2. The Bertz CT molecular complexity index is 902. The van der Waals surface area contributed by atoms with E-state index in [1.165, 1.54) is 0 Å². The SMILES string of the molecule is O=C(Cn1nc(-c2ccccc2)c2cc(Cl)ccc21)N1CCOCC1. The van der Waals surface area contributed by atoms with Crippen LogP contribution in [0.1, 0.15) is 0 Å². The first-order chi connectivity index (χ1) is 12.2. The van der Waals surface area contributed by atoms with Crippen molar-refractivity contribution in [2.24, 2.45) is 0 Å². The van der Waals surface area contributed by atoms with Gasteiger partial charge in [-0.05, 0) is 18.2 Å². The van der Waals surface area contributed by atoms with Gasteiger partial charge < -0.3 is 9.64 Å². The summed E-state index contributed by atoms with van der Waals surface area (Å²) < 4.78 is 7.08. The van der Waals surface area contributed by atoms with Gasteiger partial charge in [-0.25, -0.2) is 0 Å². The predicted molar refractivity (Wildman–Crippen MR) is 97.6 cm³/mol. The quantitative estimate of drug-likeness (QED) is 0.724. The fourth-order valence-corrected chi connectivity index (χ4v) is 3.29. The molecule has 1 fully saturated rings. The number of carbonyl (C=O) groups is 1. The smallest absolute Gasteiger partial charge is 0.244 e. The van der Waals surface area contributed by atoms with E-state index in [4.69, 9.17) is 21.4 Å². The van der Waals surface area contributed by atoms with E-state index in [0.29, 0.717) is 31.3 Å². The molecule has 0 unspecified atom stereocenters. The Morgan fingerprint density at radius 2 is 1.88 bits per heavy atom. The molecule has 1 amide bonds. The van der Waals surface area contributed by atoms with Crippen molar-refractivity contribution >= 4 is 28.4 Å². The minimum absolute atomic E-state index is 0.0576. The van der Waals surface area contributed by atoms with Crippen LogP contribution in [0.2, 0.25) is 5.02 Å². The zero-order chi connectivity index (χ0) is 17.2. The zero-order valence-electron chi connectivity index (χ0n) is 13.7. The number of amides is 1. The van der Waals surface area contributed by atoms with Gasteiger partial charge in [0.15, 0.2) is 0 Å². The Hall–Kier alpha value is -2.37. The van der Waals surface area contributed by atoms with Crippen molar-refractivity contribution in [3.05, 3.63) is 53.6 Å². The standard InChI is InChI=1S/C19H18ClN3O2/c20-15-6-7-17-16(12-15)19(14-4-2-1-3-5-14)21-23(17)13-18(24)22-8-10-25-11-9-22/h1-7,12H,8-11,13H2. The Morgan fingerprint density at radius 1 is 1.12 bits per heavy atom. The topological polar surface area (TPSA) is 47.4 Å². The third-order valence-electron chi connectivity index (χ3n) is 4.41. The number of hydrogen-bond acceptors (Lipinski definition) is 3. The lowest BCUT2D eigenvalue weighted by Crippen LogP contribution is -2.42. The molecular weight excluding hydrogens is 338 g/mol. The highest BCUT2D eigenvalue weighted by molar-refractivity contribution is 6.31. The summed E-state index contributed by atoms with van der Waals surface area (Å²) in [6.45, 7) is 2.67. The van der Waals surface area contributed by atoms with Gasteiger partial charge in [-0.1, -0.05) is 41.9 Å². The van der Waals surface area contributed by atoms with E-state index < -0.39 is 0 Å². The molecule has 0 saturated carbocycles. The number of morpholine rings is 1. The van der Waals surface area contributed by atoms with Crippen molar-refractivity contribution in [1.82, 2.24) is 14.7 Å². The maximum atomic E-state index is 12.6. The van der Waals surface area contributed by atoms with E-state index in [2.05, 4.69) is 0 Å². The van der Waals surface area contributed by atoms with E-state index in [1.807, 2.05) is 53.4 Å². The average molecular weight is 356 g/mol. The van der Waals surface area contributed by atoms with Gasteiger partial charge in [-0.3, -0.25) is 9.48 Å². The number of carbonyl (C=O) groups excluding carboxylic acids is 1. The van der Waals surface area contributed by atoms with E-state index in [1.54, 1.807) is 4.68 Å². The van der Waals surface area contributed by atoms with Crippen LogP contribution in [0.5, 0.6) is 0 Å². The van der Waals surface area contributed by atoms with Crippen LogP contribution in [0.15, 0.2) is 48.5 Å². The fraction of sp³-hybridized carbons (Fsp3) is 0.263. The summed E-state index contributed by atoms with van der Waals surface area (Å²) in [5, 5.41) is 6.32. The minimum atomic E-state index is 0.0576. The first kappa shape index (κ1) is 16.1. The Labute approximate surface area is 150 Å². The monoisotopic (exact) mass is 355 g/mol. The number of halogens is 1. The Balaban J connectivity index is 1.73. The van der Waals surface area contributed by atoms with Gasteiger partial charge in [-0.15, -0.1) is 0 Å². The molecule has 0 spiro atoms. The first-order valence-corrected chi connectivity index (χ1v) is 8.67. The molecule has 25 heavy (non-hydrogen) atoms.